The van der Waals surface area contributed by atoms with E-state index >= 15 is 0 Å². The van der Waals surface area contributed by atoms with Gasteiger partial charge in [0.15, 0.2) is 0 Å². The van der Waals surface area contributed by atoms with Gasteiger partial charge in [0, 0.05) is 25.9 Å². The van der Waals surface area contributed by atoms with Gasteiger partial charge in [0.1, 0.15) is 12.2 Å². The minimum atomic E-state index is -1.03. The molecule has 0 saturated heterocycles. The number of likely N-dealkylation sites (N-methyl/N-ethyl adjacent to an activating group) is 1. The Morgan fingerprint density at radius 1 is 1.42 bits per heavy atom. The zero-order valence-electron chi connectivity index (χ0n) is 11.3. The molecule has 0 aromatic carbocycles. The van der Waals surface area contributed by atoms with Crippen LogP contribution in [0.4, 0.5) is 0 Å². The van der Waals surface area contributed by atoms with Crippen molar-refractivity contribution in [2.75, 3.05) is 26.3 Å². The van der Waals surface area contributed by atoms with Crippen LogP contribution >= 0.6 is 0 Å². The van der Waals surface area contributed by atoms with Crippen molar-refractivity contribution in [3.05, 3.63) is 24.0 Å². The molecule has 1 N–H and O–H groups in total. The molecule has 106 valence electrons. The lowest BCUT2D eigenvalue weighted by Gasteiger charge is -2.21. The second-order valence-corrected chi connectivity index (χ2v) is 4.00. The van der Waals surface area contributed by atoms with E-state index in [1.165, 1.54) is 10.6 Å². The smallest absolute Gasteiger partial charge is 0.352 e. The first-order valence-corrected chi connectivity index (χ1v) is 6.34. The van der Waals surface area contributed by atoms with Gasteiger partial charge in [0.2, 0.25) is 5.91 Å². The Labute approximate surface area is 112 Å². The minimum Gasteiger partial charge on any atom is -0.477 e. The summed E-state index contributed by atoms with van der Waals surface area (Å²) in [5.41, 5.74) is 0.120. The van der Waals surface area contributed by atoms with Crippen molar-refractivity contribution >= 4 is 11.9 Å². The third-order valence-electron chi connectivity index (χ3n) is 2.80. The molecule has 6 heteroatoms. The van der Waals surface area contributed by atoms with Gasteiger partial charge in [0.25, 0.3) is 0 Å². The lowest BCUT2D eigenvalue weighted by Crippen LogP contribution is -2.36. The van der Waals surface area contributed by atoms with E-state index in [0.29, 0.717) is 26.3 Å². The Morgan fingerprint density at radius 3 is 2.74 bits per heavy atom. The van der Waals surface area contributed by atoms with Crippen molar-refractivity contribution in [3.8, 4) is 0 Å². The number of hydrogen-bond donors (Lipinski definition) is 1. The number of carboxylic acid groups (broad SMARTS) is 1. The first kappa shape index (κ1) is 15.2. The van der Waals surface area contributed by atoms with Gasteiger partial charge in [-0.1, -0.05) is 0 Å². The first-order valence-electron chi connectivity index (χ1n) is 6.34. The molecular formula is C13H20N2O4. The number of ether oxygens (including phenoxy) is 1. The predicted octanol–water partition coefficient (Wildman–Crippen LogP) is 1.07. The van der Waals surface area contributed by atoms with E-state index in [9.17, 15) is 9.59 Å². The van der Waals surface area contributed by atoms with E-state index in [0.717, 1.165) is 0 Å². The summed E-state index contributed by atoms with van der Waals surface area (Å²) >= 11 is 0. The summed E-state index contributed by atoms with van der Waals surface area (Å²) in [5, 5.41) is 8.97. The largest absolute Gasteiger partial charge is 0.477 e. The van der Waals surface area contributed by atoms with E-state index in [1.807, 2.05) is 13.8 Å². The van der Waals surface area contributed by atoms with Crippen LogP contribution in [0.5, 0.6) is 0 Å². The van der Waals surface area contributed by atoms with Crippen molar-refractivity contribution in [1.82, 2.24) is 9.47 Å². The van der Waals surface area contributed by atoms with Crippen LogP contribution in [0, 0.1) is 0 Å². The molecule has 0 saturated carbocycles. The molecule has 0 spiro atoms. The predicted molar refractivity (Wildman–Crippen MR) is 70.1 cm³/mol. The number of amides is 1. The molecule has 1 aromatic rings. The molecule has 1 aromatic heterocycles. The molecule has 0 bridgehead atoms. The highest BCUT2D eigenvalue weighted by atomic mass is 16.5. The van der Waals surface area contributed by atoms with Crippen molar-refractivity contribution in [1.29, 1.82) is 0 Å². The summed E-state index contributed by atoms with van der Waals surface area (Å²) in [5.74, 6) is -1.14. The lowest BCUT2D eigenvalue weighted by atomic mass is 10.4. The fourth-order valence-electron chi connectivity index (χ4n) is 1.77. The maximum absolute atomic E-state index is 12.1. The maximum atomic E-state index is 12.1. The van der Waals surface area contributed by atoms with E-state index in [4.69, 9.17) is 9.84 Å². The van der Waals surface area contributed by atoms with E-state index in [1.54, 1.807) is 17.2 Å². The van der Waals surface area contributed by atoms with E-state index < -0.39 is 5.97 Å². The molecular weight excluding hydrogens is 248 g/mol. The summed E-state index contributed by atoms with van der Waals surface area (Å²) in [6.45, 7) is 6.03. The van der Waals surface area contributed by atoms with Crippen LogP contribution in [0.2, 0.25) is 0 Å². The van der Waals surface area contributed by atoms with Gasteiger partial charge in [-0.3, -0.25) is 4.79 Å². The third kappa shape index (κ3) is 4.40. The topological polar surface area (TPSA) is 71.8 Å². The Morgan fingerprint density at radius 2 is 2.16 bits per heavy atom. The maximum Gasteiger partial charge on any atom is 0.352 e. The summed E-state index contributed by atoms with van der Waals surface area (Å²) in [6.07, 6.45) is 1.59. The molecule has 1 rings (SSSR count). The molecule has 0 unspecified atom stereocenters. The van der Waals surface area contributed by atoms with Crippen molar-refractivity contribution in [2.24, 2.45) is 0 Å². The fraction of sp³-hybridized carbons (Fsp3) is 0.538. The molecule has 19 heavy (non-hydrogen) atoms. The van der Waals surface area contributed by atoms with Crippen LogP contribution in [0.1, 0.15) is 24.3 Å². The number of aromatic nitrogens is 1. The average Bonchev–Trinajstić information content (AvgIpc) is 2.82. The molecule has 0 fully saturated rings. The van der Waals surface area contributed by atoms with Crippen molar-refractivity contribution in [2.45, 2.75) is 20.4 Å². The molecule has 1 amide bonds. The fourth-order valence-corrected chi connectivity index (χ4v) is 1.77. The van der Waals surface area contributed by atoms with Crippen LogP contribution in [-0.2, 0) is 16.1 Å². The number of carboxylic acids is 1. The second-order valence-electron chi connectivity index (χ2n) is 4.00. The highest BCUT2D eigenvalue weighted by molar-refractivity contribution is 5.86. The highest BCUT2D eigenvalue weighted by Crippen LogP contribution is 2.04. The van der Waals surface area contributed by atoms with Gasteiger partial charge in [-0.15, -0.1) is 0 Å². The number of carbonyl (C=O) groups excluding carboxylic acids is 1. The Balaban J connectivity index is 2.61. The number of aromatic carboxylic acids is 1. The molecule has 0 aliphatic heterocycles. The van der Waals surface area contributed by atoms with Gasteiger partial charge < -0.3 is 19.3 Å². The number of rotatable bonds is 8. The quantitative estimate of drug-likeness (QED) is 0.716. The summed E-state index contributed by atoms with van der Waals surface area (Å²) in [4.78, 5) is 24.7. The van der Waals surface area contributed by atoms with Gasteiger partial charge >= 0.3 is 5.97 Å². The van der Waals surface area contributed by atoms with E-state index in [-0.39, 0.29) is 18.1 Å². The molecule has 0 radical (unpaired) electrons. The van der Waals surface area contributed by atoms with Crippen LogP contribution < -0.4 is 0 Å². The lowest BCUT2D eigenvalue weighted by molar-refractivity contribution is -0.132. The van der Waals surface area contributed by atoms with Crippen molar-refractivity contribution < 1.29 is 19.4 Å². The standard InChI is InChI=1S/C13H20N2O4/c1-3-14(8-9-19-4-2)12(16)10-15-7-5-6-11(15)13(17)18/h5-7H,3-4,8-10H2,1-2H3,(H,17,18). The van der Waals surface area contributed by atoms with E-state index in [2.05, 4.69) is 0 Å². The zero-order valence-corrected chi connectivity index (χ0v) is 11.3. The van der Waals surface area contributed by atoms with Crippen LogP contribution in [0.15, 0.2) is 18.3 Å². The first-order chi connectivity index (χ1) is 9.10. The minimum absolute atomic E-state index is 0.0363. The van der Waals surface area contributed by atoms with Gasteiger partial charge in [-0.25, -0.2) is 4.79 Å². The number of nitrogens with zero attached hydrogens (tertiary/aromatic N) is 2. The molecule has 6 nitrogen and oxygen atoms in total. The highest BCUT2D eigenvalue weighted by Gasteiger charge is 2.15. The van der Waals surface area contributed by atoms with Crippen molar-refractivity contribution in [3.63, 3.8) is 0 Å². The summed E-state index contributed by atoms with van der Waals surface area (Å²) < 4.78 is 6.66. The Hall–Kier alpha value is -1.82. The molecule has 0 atom stereocenters. The zero-order chi connectivity index (χ0) is 14.3. The average molecular weight is 268 g/mol. The Bertz CT molecular complexity index is 428. The number of hydrogen-bond acceptors (Lipinski definition) is 3. The summed E-state index contributed by atoms with van der Waals surface area (Å²) in [6, 6.07) is 3.10. The molecule has 0 aliphatic rings. The van der Waals surface area contributed by atoms with Gasteiger partial charge in [0.05, 0.1) is 6.61 Å². The van der Waals surface area contributed by atoms with Crippen LogP contribution in [0.25, 0.3) is 0 Å². The second kappa shape index (κ2) is 7.58. The molecule has 0 aliphatic carbocycles. The van der Waals surface area contributed by atoms with Crippen LogP contribution in [-0.4, -0.2) is 52.8 Å². The monoisotopic (exact) mass is 268 g/mol. The van der Waals surface area contributed by atoms with Gasteiger partial charge in [-0.2, -0.15) is 0 Å². The number of carbonyl (C=O) groups is 2. The summed E-state index contributed by atoms with van der Waals surface area (Å²) in [7, 11) is 0. The van der Waals surface area contributed by atoms with Crippen LogP contribution in [0.3, 0.4) is 0 Å². The SMILES string of the molecule is CCOCCN(CC)C(=O)Cn1cccc1C(=O)O. The Kier molecular flexibility index (Phi) is 6.08. The molecule has 1 heterocycles. The normalized spacial score (nSPS) is 10.4. The third-order valence-corrected chi connectivity index (χ3v) is 2.80. The van der Waals surface area contributed by atoms with Gasteiger partial charge in [-0.05, 0) is 26.0 Å².